The maximum atomic E-state index is 12.4. The lowest BCUT2D eigenvalue weighted by molar-refractivity contribution is 0.594. The van der Waals surface area contributed by atoms with Gasteiger partial charge in [-0.15, -0.1) is 10.2 Å². The average molecular weight is 444 g/mol. The monoisotopic (exact) mass is 443 g/mol. The molecule has 1 heterocycles. The molecule has 1 N–H and O–H groups in total. The summed E-state index contributed by atoms with van der Waals surface area (Å²) in [5, 5.41) is 8.23. The van der Waals surface area contributed by atoms with Gasteiger partial charge in [0.2, 0.25) is 15.2 Å². The zero-order valence-electron chi connectivity index (χ0n) is 13.7. The molecule has 0 radical (unpaired) electrons. The van der Waals surface area contributed by atoms with Crippen molar-refractivity contribution in [3.8, 4) is 0 Å². The molecule has 0 amide bonds. The second-order valence-electron chi connectivity index (χ2n) is 5.56. The summed E-state index contributed by atoms with van der Waals surface area (Å²) in [6, 6.07) is 14.4. The van der Waals surface area contributed by atoms with Crippen LogP contribution in [-0.2, 0) is 31.4 Å². The van der Waals surface area contributed by atoms with Crippen LogP contribution >= 0.6 is 22.9 Å². The largest absolute Gasteiger partial charge is 0.257 e. The zero-order chi connectivity index (χ0) is 19.5. The molecule has 0 saturated heterocycles. The van der Waals surface area contributed by atoms with E-state index in [0.717, 1.165) is 11.3 Å². The van der Waals surface area contributed by atoms with E-state index in [-0.39, 0.29) is 26.5 Å². The van der Waals surface area contributed by atoms with Crippen LogP contribution in [0.15, 0.2) is 59.5 Å². The molecule has 142 valence electrons. The minimum Gasteiger partial charge on any atom is -0.257 e. The van der Waals surface area contributed by atoms with E-state index in [4.69, 9.17) is 11.6 Å². The Morgan fingerprint density at radius 1 is 0.889 bits per heavy atom. The number of nitrogens with one attached hydrogen (secondary N) is 1. The number of hydrogen-bond donors (Lipinski definition) is 1. The molecule has 0 atom stereocenters. The minimum atomic E-state index is -3.72. The van der Waals surface area contributed by atoms with Crippen LogP contribution in [0.4, 0.5) is 5.13 Å². The van der Waals surface area contributed by atoms with E-state index in [0.29, 0.717) is 10.6 Å². The number of hydrogen-bond acceptors (Lipinski definition) is 7. The van der Waals surface area contributed by atoms with Crippen LogP contribution in [0.3, 0.4) is 0 Å². The molecule has 3 aromatic rings. The Balaban J connectivity index is 1.69. The van der Waals surface area contributed by atoms with E-state index in [9.17, 15) is 16.8 Å². The van der Waals surface area contributed by atoms with Crippen molar-refractivity contribution in [1.29, 1.82) is 0 Å². The molecule has 0 aliphatic carbocycles. The summed E-state index contributed by atoms with van der Waals surface area (Å²) in [5.74, 6) is -0.616. The summed E-state index contributed by atoms with van der Waals surface area (Å²) in [6.07, 6.45) is 0. The molecule has 0 aliphatic heterocycles. The van der Waals surface area contributed by atoms with Gasteiger partial charge in [-0.05, 0) is 29.8 Å². The van der Waals surface area contributed by atoms with Gasteiger partial charge < -0.3 is 0 Å². The summed E-state index contributed by atoms with van der Waals surface area (Å²) in [4.78, 5) is 0.171. The van der Waals surface area contributed by atoms with Crippen molar-refractivity contribution in [2.75, 3.05) is 4.72 Å². The lowest BCUT2D eigenvalue weighted by atomic mass is 10.2. The molecule has 0 saturated carbocycles. The highest BCUT2D eigenvalue weighted by molar-refractivity contribution is 7.92. The lowest BCUT2D eigenvalue weighted by Crippen LogP contribution is -2.14. The molecule has 1 aromatic heterocycles. The van der Waals surface area contributed by atoms with E-state index in [1.165, 1.54) is 12.1 Å². The van der Waals surface area contributed by atoms with Crippen molar-refractivity contribution in [2.45, 2.75) is 16.4 Å². The molecule has 7 nitrogen and oxygen atoms in total. The molecule has 27 heavy (non-hydrogen) atoms. The summed E-state index contributed by atoms with van der Waals surface area (Å²) >= 11 is 6.66. The normalized spacial score (nSPS) is 12.0. The second-order valence-corrected chi connectivity index (χ2v) is 10.8. The van der Waals surface area contributed by atoms with Crippen molar-refractivity contribution < 1.29 is 16.8 Å². The number of anilines is 1. The molecule has 2 aromatic carbocycles. The van der Waals surface area contributed by atoms with E-state index >= 15 is 0 Å². The summed E-state index contributed by atoms with van der Waals surface area (Å²) < 4.78 is 51.5. The van der Waals surface area contributed by atoms with Crippen LogP contribution in [0.1, 0.15) is 10.6 Å². The summed E-state index contributed by atoms with van der Waals surface area (Å²) in [7, 11) is -7.30. The molecule has 11 heteroatoms. The van der Waals surface area contributed by atoms with E-state index in [1.54, 1.807) is 42.5 Å². The molecule has 0 spiro atoms. The zero-order valence-corrected chi connectivity index (χ0v) is 16.9. The van der Waals surface area contributed by atoms with Crippen molar-refractivity contribution in [3.63, 3.8) is 0 Å². The summed E-state index contributed by atoms with van der Waals surface area (Å²) in [5.41, 5.74) is 0.559. The van der Waals surface area contributed by atoms with Gasteiger partial charge in [0.1, 0.15) is 10.8 Å². The summed E-state index contributed by atoms with van der Waals surface area (Å²) in [6.45, 7) is 0. The molecule has 0 unspecified atom stereocenters. The lowest BCUT2D eigenvalue weighted by Gasteiger charge is -2.04. The van der Waals surface area contributed by atoms with Crippen LogP contribution in [0, 0.1) is 0 Å². The van der Waals surface area contributed by atoms with Crippen LogP contribution in [-0.4, -0.2) is 27.0 Å². The van der Waals surface area contributed by atoms with Gasteiger partial charge in [-0.3, -0.25) is 4.72 Å². The number of sulfone groups is 1. The third kappa shape index (κ3) is 5.48. The Labute approximate surface area is 166 Å². The molecular formula is C16H14ClN3O4S3. The minimum absolute atomic E-state index is 0.0159. The van der Waals surface area contributed by atoms with Crippen molar-refractivity contribution >= 4 is 47.9 Å². The Morgan fingerprint density at radius 2 is 1.56 bits per heavy atom. The predicted octanol–water partition coefficient (Wildman–Crippen LogP) is 3.11. The number of aromatic nitrogens is 2. The fraction of sp³-hybridized carbons (Fsp3) is 0.125. The van der Waals surface area contributed by atoms with Crippen LogP contribution in [0.2, 0.25) is 5.02 Å². The van der Waals surface area contributed by atoms with Crippen molar-refractivity contribution in [3.05, 3.63) is 70.2 Å². The highest BCUT2D eigenvalue weighted by Gasteiger charge is 2.20. The van der Waals surface area contributed by atoms with Crippen LogP contribution < -0.4 is 4.72 Å². The van der Waals surface area contributed by atoms with Crippen LogP contribution in [0.25, 0.3) is 0 Å². The van der Waals surface area contributed by atoms with Gasteiger partial charge in [0.05, 0.1) is 10.6 Å². The van der Waals surface area contributed by atoms with E-state index in [2.05, 4.69) is 14.9 Å². The Kier molecular flexibility index (Phi) is 5.80. The predicted molar refractivity (Wildman–Crippen MR) is 105 cm³/mol. The van der Waals surface area contributed by atoms with Gasteiger partial charge in [-0.2, -0.15) is 0 Å². The highest BCUT2D eigenvalue weighted by atomic mass is 35.5. The molecule has 0 bridgehead atoms. The number of rotatable bonds is 7. The molecule has 0 aliphatic rings. The van der Waals surface area contributed by atoms with Crippen molar-refractivity contribution in [2.24, 2.45) is 0 Å². The quantitative estimate of drug-likeness (QED) is 0.601. The Bertz CT molecular complexity index is 1130. The van der Waals surface area contributed by atoms with Gasteiger partial charge in [-0.1, -0.05) is 53.3 Å². The van der Waals surface area contributed by atoms with Gasteiger partial charge >= 0.3 is 0 Å². The fourth-order valence-corrected chi connectivity index (χ4v) is 6.09. The highest BCUT2D eigenvalue weighted by Crippen LogP contribution is 2.23. The van der Waals surface area contributed by atoms with Crippen LogP contribution in [0.5, 0.6) is 0 Å². The van der Waals surface area contributed by atoms with E-state index in [1.807, 2.05) is 0 Å². The standard InChI is InChI=1S/C16H14ClN3O4S3/c17-13-8-6-12(7-9-13)10-27(23,24)20-16-19-18-15(25-16)11-26(21,22)14-4-2-1-3-5-14/h1-9H,10-11H2,(H,19,20). The Morgan fingerprint density at radius 3 is 2.22 bits per heavy atom. The first-order valence-electron chi connectivity index (χ1n) is 7.59. The third-order valence-corrected chi connectivity index (χ3v) is 7.66. The smallest absolute Gasteiger partial charge is 0.238 e. The first-order chi connectivity index (χ1) is 12.7. The maximum absolute atomic E-state index is 12.4. The molecular weight excluding hydrogens is 430 g/mol. The van der Waals surface area contributed by atoms with Gasteiger partial charge in [0, 0.05) is 5.02 Å². The Hall–Kier alpha value is -2.01. The fourth-order valence-electron chi connectivity index (χ4n) is 2.20. The van der Waals surface area contributed by atoms with Gasteiger partial charge in [0.15, 0.2) is 9.84 Å². The number of halogens is 1. The number of sulfonamides is 1. The SMILES string of the molecule is O=S(=O)(Cc1ccc(Cl)cc1)Nc1nnc(CS(=O)(=O)c2ccccc2)s1. The maximum Gasteiger partial charge on any atom is 0.238 e. The number of nitrogens with zero attached hydrogens (tertiary/aromatic N) is 2. The molecule has 3 rings (SSSR count). The third-order valence-electron chi connectivity index (χ3n) is 3.40. The van der Waals surface area contributed by atoms with Gasteiger partial charge in [0.25, 0.3) is 0 Å². The van der Waals surface area contributed by atoms with Gasteiger partial charge in [-0.25, -0.2) is 16.8 Å². The van der Waals surface area contributed by atoms with E-state index < -0.39 is 19.9 Å². The first kappa shape index (κ1) is 19.7. The topological polar surface area (TPSA) is 106 Å². The second kappa shape index (κ2) is 7.93. The first-order valence-corrected chi connectivity index (χ1v) is 12.1. The molecule has 0 fully saturated rings. The average Bonchev–Trinajstić information content (AvgIpc) is 3.03. The van der Waals surface area contributed by atoms with Crippen molar-refractivity contribution in [1.82, 2.24) is 10.2 Å². The number of benzene rings is 2.